The van der Waals surface area contributed by atoms with Crippen LogP contribution in [-0.4, -0.2) is 10.1 Å². The molecule has 19 heavy (non-hydrogen) atoms. The number of aromatic hydroxyl groups is 1. The summed E-state index contributed by atoms with van der Waals surface area (Å²) < 4.78 is 13.0. The topological polar surface area (TPSA) is 45.1 Å². The maximum Gasteiger partial charge on any atom is 0.126 e. The summed E-state index contributed by atoms with van der Waals surface area (Å²) in [6.07, 6.45) is 0. The highest BCUT2D eigenvalue weighted by molar-refractivity contribution is 7.09. The average molecular weight is 280 g/mol. The number of hydrogen-bond donors (Lipinski definition) is 2. The number of rotatable bonds is 4. The van der Waals surface area contributed by atoms with Gasteiger partial charge in [-0.05, 0) is 26.8 Å². The Morgan fingerprint density at radius 1 is 1.32 bits per heavy atom. The lowest BCUT2D eigenvalue weighted by atomic mass is 10.1. The Morgan fingerprint density at radius 3 is 2.63 bits per heavy atom. The molecule has 2 N–H and O–H groups in total. The summed E-state index contributed by atoms with van der Waals surface area (Å²) in [5, 5.41) is 16.1. The van der Waals surface area contributed by atoms with E-state index in [4.69, 9.17) is 0 Å². The number of thiazole rings is 1. The first-order chi connectivity index (χ1) is 8.97. The van der Waals surface area contributed by atoms with Gasteiger partial charge in [0, 0.05) is 28.7 Å². The van der Waals surface area contributed by atoms with Crippen molar-refractivity contribution in [2.24, 2.45) is 0 Å². The lowest BCUT2D eigenvalue weighted by Crippen LogP contribution is -2.22. The fourth-order valence-electron chi connectivity index (χ4n) is 1.99. The molecular weight excluding hydrogens is 263 g/mol. The highest BCUT2D eigenvalue weighted by Crippen LogP contribution is 2.27. The van der Waals surface area contributed by atoms with Crippen molar-refractivity contribution in [3.05, 3.63) is 45.7 Å². The van der Waals surface area contributed by atoms with E-state index < -0.39 is 5.82 Å². The number of nitrogens with zero attached hydrogens (tertiary/aromatic N) is 1. The van der Waals surface area contributed by atoms with Gasteiger partial charge >= 0.3 is 0 Å². The van der Waals surface area contributed by atoms with Gasteiger partial charge in [-0.2, -0.15) is 0 Å². The van der Waals surface area contributed by atoms with Crippen LogP contribution < -0.4 is 5.32 Å². The van der Waals surface area contributed by atoms with E-state index in [1.54, 1.807) is 17.4 Å². The third kappa shape index (κ3) is 3.30. The molecule has 102 valence electrons. The summed E-state index contributed by atoms with van der Waals surface area (Å²) in [5.41, 5.74) is 1.69. The van der Waals surface area contributed by atoms with Gasteiger partial charge in [-0.3, -0.25) is 0 Å². The second-order valence-electron chi connectivity index (χ2n) is 4.64. The van der Waals surface area contributed by atoms with Crippen molar-refractivity contribution in [3.8, 4) is 5.75 Å². The summed E-state index contributed by atoms with van der Waals surface area (Å²) in [6, 6.07) is 4.08. The second kappa shape index (κ2) is 5.67. The molecule has 0 spiro atoms. The molecule has 0 saturated heterocycles. The van der Waals surface area contributed by atoms with Crippen molar-refractivity contribution in [2.75, 3.05) is 0 Å². The molecule has 0 bridgehead atoms. The Kier molecular flexibility index (Phi) is 4.17. The quantitative estimate of drug-likeness (QED) is 0.897. The van der Waals surface area contributed by atoms with Crippen molar-refractivity contribution >= 4 is 11.3 Å². The van der Waals surface area contributed by atoms with Crippen LogP contribution in [0.2, 0.25) is 0 Å². The number of nitrogens with one attached hydrogen (secondary N) is 1. The van der Waals surface area contributed by atoms with E-state index in [1.807, 2.05) is 26.2 Å². The molecule has 2 rings (SSSR count). The van der Waals surface area contributed by atoms with Crippen LogP contribution in [0.5, 0.6) is 5.75 Å². The Labute approximate surface area is 116 Å². The summed E-state index contributed by atoms with van der Waals surface area (Å²) in [7, 11) is 0. The van der Waals surface area contributed by atoms with Gasteiger partial charge in [0.2, 0.25) is 0 Å². The zero-order valence-electron chi connectivity index (χ0n) is 11.1. The lowest BCUT2D eigenvalue weighted by molar-refractivity contribution is 0.433. The standard InChI is InChI=1S/C14H17FN2OS/c1-8-7-19-14(16-8)10(3)17-9(2)12-5-4-11(15)6-13(12)18/h4-7,9-10,17-18H,1-3H3. The van der Waals surface area contributed by atoms with Crippen molar-refractivity contribution in [1.82, 2.24) is 10.3 Å². The van der Waals surface area contributed by atoms with E-state index in [2.05, 4.69) is 10.3 Å². The van der Waals surface area contributed by atoms with Crippen LogP contribution in [0, 0.1) is 12.7 Å². The summed E-state index contributed by atoms with van der Waals surface area (Å²) in [5.74, 6) is -0.459. The van der Waals surface area contributed by atoms with Crippen LogP contribution in [0.1, 0.15) is 42.2 Å². The maximum absolute atomic E-state index is 13.0. The third-order valence-electron chi connectivity index (χ3n) is 2.97. The highest BCUT2D eigenvalue weighted by atomic mass is 32.1. The van der Waals surface area contributed by atoms with Gasteiger partial charge < -0.3 is 10.4 Å². The molecular formula is C14H17FN2OS. The summed E-state index contributed by atoms with van der Waals surface area (Å²) in [4.78, 5) is 4.43. The lowest BCUT2D eigenvalue weighted by Gasteiger charge is -2.19. The Hall–Kier alpha value is -1.46. The molecule has 0 saturated carbocycles. The van der Waals surface area contributed by atoms with Crippen LogP contribution in [0.3, 0.4) is 0 Å². The van der Waals surface area contributed by atoms with Gasteiger partial charge in [-0.1, -0.05) is 6.07 Å². The minimum atomic E-state index is -0.433. The largest absolute Gasteiger partial charge is 0.508 e. The number of aryl methyl sites for hydroxylation is 1. The minimum absolute atomic E-state index is 0.0254. The monoisotopic (exact) mass is 280 g/mol. The number of phenols is 1. The number of benzene rings is 1. The first-order valence-corrected chi connectivity index (χ1v) is 7.02. The molecule has 3 nitrogen and oxygen atoms in total. The molecule has 1 heterocycles. The molecule has 0 radical (unpaired) electrons. The van der Waals surface area contributed by atoms with Gasteiger partial charge in [-0.15, -0.1) is 11.3 Å². The average Bonchev–Trinajstić information content (AvgIpc) is 2.75. The molecule has 2 aromatic rings. The van der Waals surface area contributed by atoms with Crippen LogP contribution in [0.4, 0.5) is 4.39 Å². The molecule has 2 unspecified atom stereocenters. The third-order valence-corrected chi connectivity index (χ3v) is 4.11. The fraction of sp³-hybridized carbons (Fsp3) is 0.357. The molecule has 1 aromatic heterocycles. The smallest absolute Gasteiger partial charge is 0.126 e. The number of halogens is 1. The van der Waals surface area contributed by atoms with Gasteiger partial charge in [0.15, 0.2) is 0 Å². The molecule has 5 heteroatoms. The minimum Gasteiger partial charge on any atom is -0.508 e. The zero-order chi connectivity index (χ0) is 14.0. The van der Waals surface area contributed by atoms with E-state index in [0.29, 0.717) is 5.56 Å². The normalized spacial score (nSPS) is 14.3. The Morgan fingerprint density at radius 2 is 2.05 bits per heavy atom. The summed E-state index contributed by atoms with van der Waals surface area (Å²) >= 11 is 1.61. The number of phenolic OH excluding ortho intramolecular Hbond substituents is 1. The fourth-order valence-corrected chi connectivity index (χ4v) is 2.80. The zero-order valence-corrected chi connectivity index (χ0v) is 12.0. The van der Waals surface area contributed by atoms with E-state index in [0.717, 1.165) is 16.8 Å². The van der Waals surface area contributed by atoms with Crippen molar-refractivity contribution in [2.45, 2.75) is 32.9 Å². The molecule has 0 fully saturated rings. The van der Waals surface area contributed by atoms with Crippen LogP contribution in [-0.2, 0) is 0 Å². The predicted octanol–water partition coefficient (Wildman–Crippen LogP) is 3.71. The van der Waals surface area contributed by atoms with Crippen LogP contribution in [0.15, 0.2) is 23.6 Å². The highest BCUT2D eigenvalue weighted by Gasteiger charge is 2.16. The first-order valence-electron chi connectivity index (χ1n) is 6.14. The Balaban J connectivity index is 2.10. The Bertz CT molecular complexity index is 570. The molecule has 1 aromatic carbocycles. The van der Waals surface area contributed by atoms with E-state index in [9.17, 15) is 9.50 Å². The van der Waals surface area contributed by atoms with Gasteiger partial charge in [0.25, 0.3) is 0 Å². The van der Waals surface area contributed by atoms with E-state index >= 15 is 0 Å². The van der Waals surface area contributed by atoms with Crippen molar-refractivity contribution < 1.29 is 9.50 Å². The van der Waals surface area contributed by atoms with Crippen molar-refractivity contribution in [1.29, 1.82) is 0 Å². The molecule has 0 aliphatic carbocycles. The maximum atomic E-state index is 13.0. The molecule has 2 atom stereocenters. The van der Waals surface area contributed by atoms with Crippen molar-refractivity contribution in [3.63, 3.8) is 0 Å². The van der Waals surface area contributed by atoms with E-state index in [1.165, 1.54) is 6.07 Å². The molecule has 0 aliphatic heterocycles. The van der Waals surface area contributed by atoms with E-state index in [-0.39, 0.29) is 17.8 Å². The predicted molar refractivity (Wildman–Crippen MR) is 74.9 cm³/mol. The van der Waals surface area contributed by atoms with Crippen LogP contribution >= 0.6 is 11.3 Å². The van der Waals surface area contributed by atoms with Crippen LogP contribution in [0.25, 0.3) is 0 Å². The number of hydrogen-bond acceptors (Lipinski definition) is 4. The molecule has 0 aliphatic rings. The van der Waals surface area contributed by atoms with Gasteiger partial charge in [0.05, 0.1) is 6.04 Å². The SMILES string of the molecule is Cc1csc(C(C)NC(C)c2ccc(F)cc2O)n1. The summed E-state index contributed by atoms with van der Waals surface area (Å²) in [6.45, 7) is 5.92. The first kappa shape index (κ1) is 14.0. The number of aromatic nitrogens is 1. The van der Waals surface area contributed by atoms with Gasteiger partial charge in [-0.25, -0.2) is 9.37 Å². The molecule has 0 amide bonds. The second-order valence-corrected chi connectivity index (χ2v) is 5.53. The van der Waals surface area contributed by atoms with Gasteiger partial charge in [0.1, 0.15) is 16.6 Å².